The van der Waals surface area contributed by atoms with Crippen LogP contribution in [-0.4, -0.2) is 37.1 Å². The average molecular weight is 242 g/mol. The van der Waals surface area contributed by atoms with Gasteiger partial charge in [-0.25, -0.2) is 0 Å². The van der Waals surface area contributed by atoms with Gasteiger partial charge >= 0.3 is 0 Å². The SMILES string of the molecule is CCNCCCC(C)N(CC)CC(CC)CC. The Hall–Kier alpha value is -0.0800. The highest BCUT2D eigenvalue weighted by molar-refractivity contribution is 4.70. The van der Waals surface area contributed by atoms with Crippen LogP contribution in [0.5, 0.6) is 0 Å². The molecule has 17 heavy (non-hydrogen) atoms. The lowest BCUT2D eigenvalue weighted by molar-refractivity contribution is 0.171. The van der Waals surface area contributed by atoms with Crippen molar-refractivity contribution in [2.45, 2.75) is 66.3 Å². The Balaban J connectivity index is 3.89. The summed E-state index contributed by atoms with van der Waals surface area (Å²) >= 11 is 0. The van der Waals surface area contributed by atoms with Crippen molar-refractivity contribution in [1.29, 1.82) is 0 Å². The third-order valence-electron chi connectivity index (χ3n) is 3.90. The highest BCUT2D eigenvalue weighted by atomic mass is 15.1. The third kappa shape index (κ3) is 7.77. The molecule has 0 saturated heterocycles. The topological polar surface area (TPSA) is 15.3 Å². The Morgan fingerprint density at radius 2 is 1.71 bits per heavy atom. The summed E-state index contributed by atoms with van der Waals surface area (Å²) in [5.41, 5.74) is 0. The molecule has 0 fully saturated rings. The first kappa shape index (κ1) is 16.9. The summed E-state index contributed by atoms with van der Waals surface area (Å²) in [6.45, 7) is 16.2. The molecule has 0 rings (SSSR count). The first-order valence-corrected chi connectivity index (χ1v) is 7.64. The number of rotatable bonds is 11. The van der Waals surface area contributed by atoms with E-state index in [1.54, 1.807) is 0 Å². The van der Waals surface area contributed by atoms with Crippen molar-refractivity contribution in [1.82, 2.24) is 10.2 Å². The van der Waals surface area contributed by atoms with Gasteiger partial charge in [-0.3, -0.25) is 0 Å². The summed E-state index contributed by atoms with van der Waals surface area (Å²) < 4.78 is 0. The van der Waals surface area contributed by atoms with E-state index >= 15 is 0 Å². The largest absolute Gasteiger partial charge is 0.317 e. The van der Waals surface area contributed by atoms with Gasteiger partial charge in [-0.1, -0.05) is 40.5 Å². The van der Waals surface area contributed by atoms with E-state index in [-0.39, 0.29) is 0 Å². The highest BCUT2D eigenvalue weighted by Crippen LogP contribution is 2.14. The molecule has 0 aromatic rings. The molecule has 1 N–H and O–H groups in total. The molecule has 0 spiro atoms. The van der Waals surface area contributed by atoms with Crippen molar-refractivity contribution in [2.24, 2.45) is 5.92 Å². The molecule has 0 amide bonds. The van der Waals surface area contributed by atoms with Crippen LogP contribution in [-0.2, 0) is 0 Å². The second kappa shape index (κ2) is 11.0. The van der Waals surface area contributed by atoms with Gasteiger partial charge in [0.25, 0.3) is 0 Å². The molecule has 0 aliphatic heterocycles. The van der Waals surface area contributed by atoms with Gasteiger partial charge in [0.2, 0.25) is 0 Å². The molecule has 104 valence electrons. The van der Waals surface area contributed by atoms with Gasteiger partial charge in [-0.15, -0.1) is 0 Å². The lowest BCUT2D eigenvalue weighted by atomic mass is 10.0. The molecular weight excluding hydrogens is 208 g/mol. The standard InChI is InChI=1S/C15H34N2/c1-6-15(7-2)13-17(9-4)14(5)11-10-12-16-8-3/h14-16H,6-13H2,1-5H3. The van der Waals surface area contributed by atoms with Gasteiger partial charge in [0, 0.05) is 12.6 Å². The molecule has 0 aliphatic carbocycles. The van der Waals surface area contributed by atoms with E-state index in [4.69, 9.17) is 0 Å². The van der Waals surface area contributed by atoms with Crippen LogP contribution in [0.15, 0.2) is 0 Å². The maximum atomic E-state index is 3.41. The van der Waals surface area contributed by atoms with Crippen molar-refractivity contribution in [3.8, 4) is 0 Å². The molecule has 1 atom stereocenters. The summed E-state index contributed by atoms with van der Waals surface area (Å²) in [5.74, 6) is 0.881. The molecule has 2 heteroatoms. The number of hydrogen-bond acceptors (Lipinski definition) is 2. The van der Waals surface area contributed by atoms with E-state index in [0.717, 1.165) is 18.5 Å². The minimum Gasteiger partial charge on any atom is -0.317 e. The quantitative estimate of drug-likeness (QED) is 0.558. The van der Waals surface area contributed by atoms with E-state index in [9.17, 15) is 0 Å². The summed E-state index contributed by atoms with van der Waals surface area (Å²) in [5, 5.41) is 3.41. The number of hydrogen-bond donors (Lipinski definition) is 1. The zero-order chi connectivity index (χ0) is 13.1. The van der Waals surface area contributed by atoms with Crippen molar-refractivity contribution < 1.29 is 0 Å². The second-order valence-corrected chi connectivity index (χ2v) is 5.11. The van der Waals surface area contributed by atoms with E-state index in [0.29, 0.717) is 0 Å². The Morgan fingerprint density at radius 1 is 1.06 bits per heavy atom. The predicted octanol–water partition coefficient (Wildman–Crippen LogP) is 3.52. The summed E-state index contributed by atoms with van der Waals surface area (Å²) in [4.78, 5) is 2.66. The molecule has 0 aromatic heterocycles. The van der Waals surface area contributed by atoms with Crippen LogP contribution in [0.25, 0.3) is 0 Å². The fraction of sp³-hybridized carbons (Fsp3) is 1.00. The molecule has 0 aliphatic rings. The lowest BCUT2D eigenvalue weighted by Crippen LogP contribution is -2.37. The minimum atomic E-state index is 0.735. The van der Waals surface area contributed by atoms with E-state index in [1.807, 2.05) is 0 Å². The zero-order valence-corrected chi connectivity index (χ0v) is 12.8. The van der Waals surface area contributed by atoms with Gasteiger partial charge in [-0.05, 0) is 45.3 Å². The monoisotopic (exact) mass is 242 g/mol. The summed E-state index contributed by atoms with van der Waals surface area (Å²) in [6.07, 6.45) is 5.25. The van der Waals surface area contributed by atoms with Gasteiger partial charge in [0.05, 0.1) is 0 Å². The van der Waals surface area contributed by atoms with Crippen molar-refractivity contribution >= 4 is 0 Å². The van der Waals surface area contributed by atoms with Crippen LogP contribution < -0.4 is 5.32 Å². The molecule has 1 unspecified atom stereocenters. The van der Waals surface area contributed by atoms with Crippen molar-refractivity contribution in [3.05, 3.63) is 0 Å². The Kier molecular flexibility index (Phi) is 11.0. The Labute approximate surface area is 109 Å². The van der Waals surface area contributed by atoms with Crippen LogP contribution in [0.4, 0.5) is 0 Å². The fourth-order valence-corrected chi connectivity index (χ4v) is 2.38. The minimum absolute atomic E-state index is 0.735. The van der Waals surface area contributed by atoms with Crippen molar-refractivity contribution in [3.63, 3.8) is 0 Å². The molecule has 0 radical (unpaired) electrons. The summed E-state index contributed by atoms with van der Waals surface area (Å²) in [7, 11) is 0. The Morgan fingerprint density at radius 3 is 2.18 bits per heavy atom. The fourth-order valence-electron chi connectivity index (χ4n) is 2.38. The van der Waals surface area contributed by atoms with Crippen LogP contribution in [0.1, 0.15) is 60.3 Å². The normalized spacial score (nSPS) is 13.6. The number of nitrogens with zero attached hydrogens (tertiary/aromatic N) is 1. The van der Waals surface area contributed by atoms with Crippen LogP contribution >= 0.6 is 0 Å². The predicted molar refractivity (Wildman–Crippen MR) is 78.6 cm³/mol. The van der Waals surface area contributed by atoms with Gasteiger partial charge < -0.3 is 10.2 Å². The Bertz CT molecular complexity index is 155. The number of nitrogens with one attached hydrogen (secondary N) is 1. The van der Waals surface area contributed by atoms with E-state index in [1.165, 1.54) is 45.3 Å². The van der Waals surface area contributed by atoms with Crippen LogP contribution in [0.2, 0.25) is 0 Å². The maximum absolute atomic E-state index is 3.41. The lowest BCUT2D eigenvalue weighted by Gasteiger charge is -2.31. The highest BCUT2D eigenvalue weighted by Gasteiger charge is 2.15. The smallest absolute Gasteiger partial charge is 0.00674 e. The van der Waals surface area contributed by atoms with E-state index in [2.05, 4.69) is 44.8 Å². The molecule has 0 saturated carbocycles. The molecule has 2 nitrogen and oxygen atoms in total. The van der Waals surface area contributed by atoms with Crippen LogP contribution in [0.3, 0.4) is 0 Å². The van der Waals surface area contributed by atoms with Crippen LogP contribution in [0, 0.1) is 5.92 Å². The third-order valence-corrected chi connectivity index (χ3v) is 3.90. The molecule has 0 heterocycles. The molecular formula is C15H34N2. The second-order valence-electron chi connectivity index (χ2n) is 5.11. The van der Waals surface area contributed by atoms with E-state index < -0.39 is 0 Å². The molecule has 0 aromatic carbocycles. The van der Waals surface area contributed by atoms with Gasteiger partial charge in [0.15, 0.2) is 0 Å². The summed E-state index contributed by atoms with van der Waals surface area (Å²) in [6, 6.07) is 0.735. The maximum Gasteiger partial charge on any atom is 0.00674 e. The first-order valence-electron chi connectivity index (χ1n) is 7.64. The van der Waals surface area contributed by atoms with Gasteiger partial charge in [-0.2, -0.15) is 0 Å². The zero-order valence-electron chi connectivity index (χ0n) is 12.8. The average Bonchev–Trinajstić information content (AvgIpc) is 2.36. The molecule has 0 bridgehead atoms. The first-order chi connectivity index (χ1) is 8.19. The van der Waals surface area contributed by atoms with Crippen molar-refractivity contribution in [2.75, 3.05) is 26.2 Å². The van der Waals surface area contributed by atoms with Gasteiger partial charge in [0.1, 0.15) is 0 Å².